The summed E-state index contributed by atoms with van der Waals surface area (Å²) >= 11 is 0. The van der Waals surface area contributed by atoms with E-state index < -0.39 is 0 Å². The summed E-state index contributed by atoms with van der Waals surface area (Å²) < 4.78 is 1.81. The van der Waals surface area contributed by atoms with Gasteiger partial charge in [-0.05, 0) is 5.92 Å². The molecule has 2 aromatic rings. The number of anilines is 1. The van der Waals surface area contributed by atoms with Gasteiger partial charge in [0.15, 0.2) is 0 Å². The molecule has 0 saturated carbocycles. The van der Waals surface area contributed by atoms with Gasteiger partial charge in [-0.25, -0.2) is 9.97 Å². The van der Waals surface area contributed by atoms with Gasteiger partial charge in [0.05, 0.1) is 5.69 Å². The molecule has 0 fully saturated rings. The average molecular weight is 203 g/mol. The first-order valence-corrected chi connectivity index (χ1v) is 4.79. The summed E-state index contributed by atoms with van der Waals surface area (Å²) in [6.07, 6.45) is 5.21. The van der Waals surface area contributed by atoms with Crippen molar-refractivity contribution in [3.05, 3.63) is 30.5 Å². The molecule has 2 heterocycles. The lowest BCUT2D eigenvalue weighted by atomic mass is 10.1. The number of nitrogens with two attached hydrogens (primary N) is 1. The monoisotopic (exact) mass is 203 g/mol. The predicted molar refractivity (Wildman–Crippen MR) is 57.7 cm³/mol. The number of aromatic nitrogens is 4. The largest absolute Gasteiger partial charge is 0.368 e. The third-order valence-corrected chi connectivity index (χ3v) is 2.11. The Morgan fingerprint density at radius 3 is 2.73 bits per heavy atom. The first-order valence-electron chi connectivity index (χ1n) is 4.79. The molecular weight excluding hydrogens is 190 g/mol. The highest BCUT2D eigenvalue weighted by atomic mass is 15.1. The quantitative estimate of drug-likeness (QED) is 0.800. The van der Waals surface area contributed by atoms with Gasteiger partial charge in [-0.2, -0.15) is 4.98 Å². The molecule has 0 aliphatic carbocycles. The van der Waals surface area contributed by atoms with Crippen LogP contribution in [0, 0.1) is 0 Å². The van der Waals surface area contributed by atoms with Gasteiger partial charge in [-0.3, -0.25) is 4.57 Å². The summed E-state index contributed by atoms with van der Waals surface area (Å²) in [5.74, 6) is 1.38. The molecule has 0 aliphatic rings. The number of rotatable bonds is 2. The summed E-state index contributed by atoms with van der Waals surface area (Å²) in [5.41, 5.74) is 6.58. The molecule has 78 valence electrons. The van der Waals surface area contributed by atoms with E-state index in [1.807, 2.05) is 16.8 Å². The average Bonchev–Trinajstić information content (AvgIpc) is 2.69. The summed E-state index contributed by atoms with van der Waals surface area (Å²) in [7, 11) is 0. The Kier molecular flexibility index (Phi) is 2.37. The SMILES string of the molecule is CC(C)c1cc(-n2ccnc2)nc(N)n1. The van der Waals surface area contributed by atoms with Gasteiger partial charge in [-0.1, -0.05) is 13.8 Å². The van der Waals surface area contributed by atoms with Gasteiger partial charge >= 0.3 is 0 Å². The van der Waals surface area contributed by atoms with E-state index in [0.29, 0.717) is 11.9 Å². The van der Waals surface area contributed by atoms with Crippen LogP contribution in [0.4, 0.5) is 5.95 Å². The Morgan fingerprint density at radius 2 is 2.13 bits per heavy atom. The summed E-state index contributed by atoms with van der Waals surface area (Å²) in [6, 6.07) is 1.92. The smallest absolute Gasteiger partial charge is 0.222 e. The van der Waals surface area contributed by atoms with Crippen molar-refractivity contribution in [1.82, 2.24) is 19.5 Å². The third-order valence-electron chi connectivity index (χ3n) is 2.11. The van der Waals surface area contributed by atoms with Crippen LogP contribution >= 0.6 is 0 Å². The second-order valence-corrected chi connectivity index (χ2v) is 3.63. The maximum Gasteiger partial charge on any atom is 0.222 e. The maximum atomic E-state index is 5.65. The Balaban J connectivity index is 2.49. The summed E-state index contributed by atoms with van der Waals surface area (Å²) in [5, 5.41) is 0. The molecule has 0 saturated heterocycles. The van der Waals surface area contributed by atoms with Crippen LogP contribution in [0.5, 0.6) is 0 Å². The van der Waals surface area contributed by atoms with Crippen molar-refractivity contribution in [2.45, 2.75) is 19.8 Å². The lowest BCUT2D eigenvalue weighted by Gasteiger charge is -2.08. The van der Waals surface area contributed by atoms with Crippen LogP contribution in [0.3, 0.4) is 0 Å². The van der Waals surface area contributed by atoms with Crippen LogP contribution in [-0.4, -0.2) is 19.5 Å². The predicted octanol–water partition coefficient (Wildman–Crippen LogP) is 1.37. The van der Waals surface area contributed by atoms with Gasteiger partial charge < -0.3 is 5.73 Å². The number of hydrogen-bond acceptors (Lipinski definition) is 4. The molecule has 15 heavy (non-hydrogen) atoms. The van der Waals surface area contributed by atoms with E-state index in [2.05, 4.69) is 28.8 Å². The standard InChI is InChI=1S/C10H13N5/c1-7(2)8-5-9(14-10(11)13-8)15-4-3-12-6-15/h3-7H,1-2H3,(H2,11,13,14). The fourth-order valence-corrected chi connectivity index (χ4v) is 1.29. The molecule has 0 bridgehead atoms. The van der Waals surface area contributed by atoms with E-state index in [9.17, 15) is 0 Å². The van der Waals surface area contributed by atoms with Crippen molar-refractivity contribution in [2.24, 2.45) is 0 Å². The second kappa shape index (κ2) is 3.68. The van der Waals surface area contributed by atoms with Crippen LogP contribution in [0.2, 0.25) is 0 Å². The fraction of sp³-hybridized carbons (Fsp3) is 0.300. The topological polar surface area (TPSA) is 69.6 Å². The highest BCUT2D eigenvalue weighted by Crippen LogP contribution is 2.15. The molecule has 0 aromatic carbocycles. The van der Waals surface area contributed by atoms with Crippen molar-refractivity contribution >= 4 is 5.95 Å². The van der Waals surface area contributed by atoms with Crippen LogP contribution in [0.25, 0.3) is 5.82 Å². The van der Waals surface area contributed by atoms with Crippen LogP contribution in [0.1, 0.15) is 25.5 Å². The minimum Gasteiger partial charge on any atom is -0.368 e. The lowest BCUT2D eigenvalue weighted by molar-refractivity contribution is 0.809. The molecule has 5 nitrogen and oxygen atoms in total. The Labute approximate surface area is 88.0 Å². The van der Waals surface area contributed by atoms with E-state index in [-0.39, 0.29) is 0 Å². The Morgan fingerprint density at radius 1 is 1.33 bits per heavy atom. The molecule has 2 aromatic heterocycles. The van der Waals surface area contributed by atoms with E-state index in [1.165, 1.54) is 0 Å². The fourth-order valence-electron chi connectivity index (χ4n) is 1.29. The lowest BCUT2D eigenvalue weighted by Crippen LogP contribution is -2.05. The van der Waals surface area contributed by atoms with Crippen molar-refractivity contribution in [2.75, 3.05) is 5.73 Å². The van der Waals surface area contributed by atoms with E-state index in [0.717, 1.165) is 11.5 Å². The Hall–Kier alpha value is -1.91. The van der Waals surface area contributed by atoms with Gasteiger partial charge in [-0.15, -0.1) is 0 Å². The van der Waals surface area contributed by atoms with Crippen molar-refractivity contribution in [3.8, 4) is 5.82 Å². The summed E-state index contributed by atoms with van der Waals surface area (Å²) in [4.78, 5) is 12.3. The normalized spacial score (nSPS) is 10.9. The van der Waals surface area contributed by atoms with Crippen molar-refractivity contribution < 1.29 is 0 Å². The minimum atomic E-state index is 0.296. The van der Waals surface area contributed by atoms with Gasteiger partial charge in [0.2, 0.25) is 5.95 Å². The van der Waals surface area contributed by atoms with Crippen LogP contribution in [-0.2, 0) is 0 Å². The second-order valence-electron chi connectivity index (χ2n) is 3.63. The zero-order valence-electron chi connectivity index (χ0n) is 8.75. The van der Waals surface area contributed by atoms with Gasteiger partial charge in [0.25, 0.3) is 0 Å². The maximum absolute atomic E-state index is 5.65. The molecule has 0 unspecified atom stereocenters. The molecular formula is C10H13N5. The van der Waals surface area contributed by atoms with Crippen molar-refractivity contribution in [1.29, 1.82) is 0 Å². The van der Waals surface area contributed by atoms with Crippen LogP contribution < -0.4 is 5.73 Å². The zero-order chi connectivity index (χ0) is 10.8. The molecule has 0 amide bonds. The van der Waals surface area contributed by atoms with Crippen molar-refractivity contribution in [3.63, 3.8) is 0 Å². The first kappa shape index (κ1) is 9.64. The minimum absolute atomic E-state index is 0.296. The molecule has 0 aliphatic heterocycles. The van der Waals surface area contributed by atoms with Gasteiger partial charge in [0, 0.05) is 18.5 Å². The van der Waals surface area contributed by atoms with E-state index in [1.54, 1.807) is 12.5 Å². The molecule has 5 heteroatoms. The molecule has 2 N–H and O–H groups in total. The third kappa shape index (κ3) is 1.96. The Bertz CT molecular complexity index is 447. The molecule has 0 spiro atoms. The van der Waals surface area contributed by atoms with E-state index in [4.69, 9.17) is 5.73 Å². The number of hydrogen-bond donors (Lipinski definition) is 1. The molecule has 0 radical (unpaired) electrons. The number of nitrogens with zero attached hydrogens (tertiary/aromatic N) is 4. The molecule has 2 rings (SSSR count). The number of imidazole rings is 1. The zero-order valence-corrected chi connectivity index (χ0v) is 8.75. The molecule has 0 atom stereocenters. The van der Waals surface area contributed by atoms with E-state index >= 15 is 0 Å². The highest BCUT2D eigenvalue weighted by molar-refractivity contribution is 5.32. The number of nitrogen functional groups attached to an aromatic ring is 1. The first-order chi connectivity index (χ1) is 7.16. The highest BCUT2D eigenvalue weighted by Gasteiger charge is 2.06. The summed E-state index contributed by atoms with van der Waals surface area (Å²) in [6.45, 7) is 4.14. The van der Waals surface area contributed by atoms with Crippen LogP contribution in [0.15, 0.2) is 24.8 Å². The van der Waals surface area contributed by atoms with Gasteiger partial charge in [0.1, 0.15) is 12.1 Å².